The van der Waals surface area contributed by atoms with Gasteiger partial charge >= 0.3 is 0 Å². The van der Waals surface area contributed by atoms with E-state index in [0.29, 0.717) is 15.1 Å². The quantitative estimate of drug-likeness (QED) is 0.496. The highest BCUT2D eigenvalue weighted by Gasteiger charge is 2.32. The van der Waals surface area contributed by atoms with E-state index in [-0.39, 0.29) is 17.4 Å². The lowest BCUT2D eigenvalue weighted by atomic mass is 9.83. The number of phenolic OH excluding ortho intramolecular Hbond substituents is 1. The second kappa shape index (κ2) is 8.15. The minimum atomic E-state index is -0.183. The Hall–Kier alpha value is -3.90. The van der Waals surface area contributed by atoms with E-state index in [4.69, 9.17) is 9.73 Å². The van der Waals surface area contributed by atoms with Crippen molar-refractivity contribution in [3.8, 4) is 11.5 Å². The second-order valence-electron chi connectivity index (χ2n) is 8.46. The maximum atomic E-state index is 13.7. The molecule has 1 N–H and O–H groups in total. The van der Waals surface area contributed by atoms with Crippen molar-refractivity contribution in [2.24, 2.45) is 4.99 Å². The number of allylic oxidation sites excluding steroid dienone is 1. The first-order valence-electron chi connectivity index (χ1n) is 11.2. The molecule has 2 heterocycles. The number of benzene rings is 3. The average Bonchev–Trinajstić information content (AvgIpc) is 3.18. The fourth-order valence-corrected chi connectivity index (χ4v) is 5.89. The van der Waals surface area contributed by atoms with E-state index in [1.165, 1.54) is 29.6 Å². The average molecular weight is 467 g/mol. The highest BCUT2D eigenvalue weighted by atomic mass is 32.1. The predicted octanol–water partition coefficient (Wildman–Crippen LogP) is 4.03. The molecule has 3 aromatic carbocycles. The maximum Gasteiger partial charge on any atom is 0.271 e. The Morgan fingerprint density at radius 1 is 1.06 bits per heavy atom. The number of nitrogens with zero attached hydrogens (tertiary/aromatic N) is 2. The van der Waals surface area contributed by atoms with Gasteiger partial charge in [-0.25, -0.2) is 4.99 Å². The van der Waals surface area contributed by atoms with Gasteiger partial charge in [0.25, 0.3) is 5.56 Å². The van der Waals surface area contributed by atoms with Crippen molar-refractivity contribution in [2.45, 2.75) is 18.9 Å². The number of hydrogen-bond acceptors (Lipinski definition) is 5. The second-order valence-corrected chi connectivity index (χ2v) is 9.46. The zero-order valence-corrected chi connectivity index (χ0v) is 19.4. The minimum absolute atomic E-state index is 0.0601. The number of aryl methyl sites for hydroxylation is 1. The van der Waals surface area contributed by atoms with Crippen LogP contribution in [-0.4, -0.2) is 16.8 Å². The van der Waals surface area contributed by atoms with Gasteiger partial charge in [0.05, 0.1) is 23.4 Å². The number of aromatic nitrogens is 1. The van der Waals surface area contributed by atoms with Crippen molar-refractivity contribution in [1.82, 2.24) is 4.57 Å². The van der Waals surface area contributed by atoms with Crippen LogP contribution in [0, 0.1) is 0 Å². The number of fused-ring (bicyclic) bond motifs is 3. The van der Waals surface area contributed by atoms with Crippen molar-refractivity contribution in [2.75, 3.05) is 7.11 Å². The van der Waals surface area contributed by atoms with E-state index in [9.17, 15) is 9.90 Å². The summed E-state index contributed by atoms with van der Waals surface area (Å²) in [6, 6.07) is 23.5. The number of aromatic hydroxyl groups is 1. The molecule has 0 fully saturated rings. The third-order valence-corrected chi connectivity index (χ3v) is 7.47. The highest BCUT2D eigenvalue weighted by molar-refractivity contribution is 7.07. The summed E-state index contributed by atoms with van der Waals surface area (Å²) < 4.78 is 7.67. The largest absolute Gasteiger partial charge is 0.504 e. The van der Waals surface area contributed by atoms with Gasteiger partial charge in [0.1, 0.15) is 0 Å². The fraction of sp³-hybridized carbons (Fsp3) is 0.143. The van der Waals surface area contributed by atoms with Crippen LogP contribution in [0.5, 0.6) is 11.5 Å². The van der Waals surface area contributed by atoms with Crippen LogP contribution >= 0.6 is 11.3 Å². The van der Waals surface area contributed by atoms with Gasteiger partial charge in [-0.1, -0.05) is 72.0 Å². The Morgan fingerprint density at radius 2 is 1.85 bits per heavy atom. The topological polar surface area (TPSA) is 63.8 Å². The van der Waals surface area contributed by atoms with Crippen molar-refractivity contribution >= 4 is 23.1 Å². The van der Waals surface area contributed by atoms with E-state index in [1.807, 2.05) is 28.8 Å². The van der Waals surface area contributed by atoms with Gasteiger partial charge in [-0.3, -0.25) is 9.36 Å². The summed E-state index contributed by atoms with van der Waals surface area (Å²) in [5.41, 5.74) is 6.45. The van der Waals surface area contributed by atoms with Gasteiger partial charge in [0.2, 0.25) is 0 Å². The molecule has 0 saturated carbocycles. The molecule has 0 saturated heterocycles. The molecule has 34 heavy (non-hydrogen) atoms. The highest BCUT2D eigenvalue weighted by Crippen LogP contribution is 2.41. The van der Waals surface area contributed by atoms with Crippen LogP contribution in [0.3, 0.4) is 0 Å². The first-order chi connectivity index (χ1) is 16.6. The van der Waals surface area contributed by atoms with E-state index in [2.05, 4.69) is 36.4 Å². The molecule has 0 radical (unpaired) electrons. The van der Waals surface area contributed by atoms with Gasteiger partial charge in [-0.15, -0.1) is 0 Å². The van der Waals surface area contributed by atoms with Crippen LogP contribution in [0.25, 0.3) is 11.8 Å². The van der Waals surface area contributed by atoms with Crippen molar-refractivity contribution in [1.29, 1.82) is 0 Å². The maximum absolute atomic E-state index is 13.7. The van der Waals surface area contributed by atoms with Crippen molar-refractivity contribution < 1.29 is 9.84 Å². The third-order valence-electron chi connectivity index (χ3n) is 6.49. The number of thiazole rings is 1. The van der Waals surface area contributed by atoms with Gasteiger partial charge in [-0.2, -0.15) is 0 Å². The van der Waals surface area contributed by atoms with E-state index >= 15 is 0 Å². The molecular formula is C28H22N2O3S. The lowest BCUT2D eigenvalue weighted by molar-refractivity contribution is 0.373. The Bertz CT molecular complexity index is 1630. The zero-order chi connectivity index (χ0) is 23.2. The number of hydrogen-bond donors (Lipinski definition) is 1. The van der Waals surface area contributed by atoms with E-state index in [1.54, 1.807) is 18.2 Å². The lowest BCUT2D eigenvalue weighted by Crippen LogP contribution is -2.38. The molecule has 5 nitrogen and oxygen atoms in total. The fourth-order valence-electron chi connectivity index (χ4n) is 4.89. The van der Waals surface area contributed by atoms with Crippen LogP contribution in [-0.2, 0) is 6.42 Å². The standard InChI is InChI=1S/C28H22N2O3S/c1-33-23-15-17(11-14-22(23)31)16-24-27(32)30-26(19-8-3-2-4-9-19)21-13-12-18-7-5-6-10-20(18)25(21)29-28(30)34-24/h2-11,14-16,26,31H,12-13H2,1H3/b24-16-/t26-/m0/s1. The molecule has 168 valence electrons. The van der Waals surface area contributed by atoms with Gasteiger partial charge in [0, 0.05) is 5.56 Å². The number of methoxy groups -OCH3 is 1. The Balaban J connectivity index is 1.60. The first-order valence-corrected chi connectivity index (χ1v) is 12.0. The first kappa shape index (κ1) is 20.7. The SMILES string of the molecule is COc1cc(/C=c2\sc3n(c2=O)[C@@H](c2ccccc2)C2=C(N=3)c3ccccc3CC2)ccc1O. The normalized spacial score (nSPS) is 17.0. The summed E-state index contributed by atoms with van der Waals surface area (Å²) >= 11 is 1.39. The van der Waals surface area contributed by atoms with Crippen molar-refractivity contribution in [3.05, 3.63) is 120 Å². The zero-order valence-electron chi connectivity index (χ0n) is 18.6. The molecule has 4 aromatic rings. The van der Waals surface area contributed by atoms with Gasteiger partial charge in [0.15, 0.2) is 16.3 Å². The Kier molecular flexibility index (Phi) is 4.96. The van der Waals surface area contributed by atoms with Gasteiger partial charge < -0.3 is 9.84 Å². The monoisotopic (exact) mass is 466 g/mol. The molecular weight excluding hydrogens is 444 g/mol. The molecule has 0 unspecified atom stereocenters. The third kappa shape index (κ3) is 3.30. The van der Waals surface area contributed by atoms with E-state index in [0.717, 1.165) is 35.2 Å². The summed E-state index contributed by atoms with van der Waals surface area (Å²) in [7, 11) is 1.51. The van der Waals surface area contributed by atoms with E-state index < -0.39 is 0 Å². The minimum Gasteiger partial charge on any atom is -0.504 e. The van der Waals surface area contributed by atoms with Crippen LogP contribution in [0.15, 0.2) is 88.2 Å². The number of rotatable bonds is 3. The molecule has 0 bridgehead atoms. The molecule has 2 aliphatic rings. The molecule has 6 rings (SSSR count). The summed E-state index contributed by atoms with van der Waals surface area (Å²) in [6.45, 7) is 0. The molecule has 1 aromatic heterocycles. The molecule has 0 amide bonds. The Morgan fingerprint density at radius 3 is 2.68 bits per heavy atom. The van der Waals surface area contributed by atoms with Crippen molar-refractivity contribution in [3.63, 3.8) is 0 Å². The molecule has 1 atom stereocenters. The molecule has 0 spiro atoms. The number of ether oxygens (including phenoxy) is 1. The predicted molar refractivity (Wildman–Crippen MR) is 134 cm³/mol. The van der Waals surface area contributed by atoms with Crippen LogP contribution in [0.4, 0.5) is 0 Å². The Labute approximate surface area is 200 Å². The summed E-state index contributed by atoms with van der Waals surface area (Å²) in [5.74, 6) is 0.437. The summed E-state index contributed by atoms with van der Waals surface area (Å²) in [4.78, 5) is 19.5. The molecule has 1 aliphatic carbocycles. The van der Waals surface area contributed by atoms with Crippen LogP contribution < -0.4 is 19.6 Å². The lowest BCUT2D eigenvalue weighted by Gasteiger charge is -2.30. The molecule has 6 heteroatoms. The van der Waals surface area contributed by atoms with Gasteiger partial charge in [-0.05, 0) is 53.3 Å². The number of phenols is 1. The van der Waals surface area contributed by atoms with Crippen LogP contribution in [0.2, 0.25) is 0 Å². The van der Waals surface area contributed by atoms with Crippen LogP contribution in [0.1, 0.15) is 34.7 Å². The summed E-state index contributed by atoms with van der Waals surface area (Å²) in [6.07, 6.45) is 3.64. The smallest absolute Gasteiger partial charge is 0.271 e. The summed E-state index contributed by atoms with van der Waals surface area (Å²) in [5, 5.41) is 9.93. The molecule has 1 aliphatic heterocycles.